The molecule has 2 fully saturated rings. The molecule has 2 aliphatic rings. The van der Waals surface area contributed by atoms with Gasteiger partial charge in [-0.3, -0.25) is 4.68 Å². The number of fused-ring (bicyclic) bond motifs is 1. The fourth-order valence-corrected chi connectivity index (χ4v) is 4.73. The van der Waals surface area contributed by atoms with Crippen molar-refractivity contribution < 1.29 is 0 Å². The van der Waals surface area contributed by atoms with E-state index in [1.165, 1.54) is 5.56 Å². The van der Waals surface area contributed by atoms with Gasteiger partial charge in [-0.05, 0) is 43.2 Å². The van der Waals surface area contributed by atoms with Crippen LogP contribution in [-0.4, -0.2) is 43.9 Å². The molecule has 156 valence electrons. The van der Waals surface area contributed by atoms with E-state index in [4.69, 9.17) is 11.6 Å². The van der Waals surface area contributed by atoms with Gasteiger partial charge in [0.15, 0.2) is 5.82 Å². The minimum absolute atomic E-state index is 0.367. The lowest BCUT2D eigenvalue weighted by Crippen LogP contribution is -2.26. The van der Waals surface area contributed by atoms with E-state index in [2.05, 4.69) is 54.6 Å². The molecule has 0 radical (unpaired) electrons. The summed E-state index contributed by atoms with van der Waals surface area (Å²) in [5.41, 5.74) is 2.03. The smallest absolute Gasteiger partial charge is 0.229 e. The van der Waals surface area contributed by atoms with Crippen LogP contribution >= 0.6 is 11.6 Å². The Morgan fingerprint density at radius 2 is 1.87 bits per heavy atom. The number of anilines is 4. The van der Waals surface area contributed by atoms with E-state index in [1.54, 1.807) is 17.1 Å². The number of hydrogen-bond donors (Lipinski definition) is 2. The van der Waals surface area contributed by atoms with Crippen LogP contribution in [0.25, 0.3) is 0 Å². The number of aromatic nitrogens is 5. The molecule has 3 aromatic heterocycles. The summed E-state index contributed by atoms with van der Waals surface area (Å²) in [6.07, 6.45) is 9.41. The summed E-state index contributed by atoms with van der Waals surface area (Å²) in [4.78, 5) is 15.9. The van der Waals surface area contributed by atoms with E-state index in [1.807, 2.05) is 19.4 Å². The van der Waals surface area contributed by atoms with Gasteiger partial charge in [0.2, 0.25) is 5.95 Å². The standard InChI is InChI=1S/C21H25ClN8/c1-13-3-4-19(23-7-13)30-10-14-5-16(6-15(14)11-30)26-20-18(22)9-24-21(28-20)27-17-8-25-29(2)12-17/h3-4,7-9,12,14-16H,5-6,10-11H2,1-2H3,(H2,24,26,27,28). The lowest BCUT2D eigenvalue weighted by molar-refractivity contribution is 0.494. The van der Waals surface area contributed by atoms with Crippen LogP contribution in [0.5, 0.6) is 0 Å². The molecule has 0 spiro atoms. The Balaban J connectivity index is 1.22. The number of rotatable bonds is 5. The van der Waals surface area contributed by atoms with Crippen molar-refractivity contribution in [3.05, 3.63) is 47.5 Å². The Hall–Kier alpha value is -2.87. The minimum Gasteiger partial charge on any atom is -0.366 e. The van der Waals surface area contributed by atoms with Crippen molar-refractivity contribution in [2.24, 2.45) is 18.9 Å². The van der Waals surface area contributed by atoms with Crippen molar-refractivity contribution >= 4 is 34.9 Å². The molecule has 2 N–H and O–H groups in total. The van der Waals surface area contributed by atoms with E-state index in [0.29, 0.717) is 34.7 Å². The summed E-state index contributed by atoms with van der Waals surface area (Å²) in [5, 5.41) is 11.4. The first-order valence-corrected chi connectivity index (χ1v) is 10.6. The topological polar surface area (TPSA) is 83.8 Å². The zero-order valence-corrected chi connectivity index (χ0v) is 17.8. The van der Waals surface area contributed by atoms with Gasteiger partial charge >= 0.3 is 0 Å². The SMILES string of the molecule is Cc1ccc(N2CC3CC(Nc4nc(Nc5cnn(C)c5)ncc4Cl)CC3C2)nc1. The van der Waals surface area contributed by atoms with Crippen LogP contribution in [0.15, 0.2) is 36.9 Å². The second kappa shape index (κ2) is 7.75. The van der Waals surface area contributed by atoms with Crippen LogP contribution in [0.4, 0.5) is 23.3 Å². The zero-order valence-electron chi connectivity index (χ0n) is 17.1. The van der Waals surface area contributed by atoms with Crippen LogP contribution in [-0.2, 0) is 7.05 Å². The van der Waals surface area contributed by atoms with Gasteiger partial charge in [0.25, 0.3) is 0 Å². The maximum Gasteiger partial charge on any atom is 0.229 e. The molecular weight excluding hydrogens is 400 g/mol. The summed E-state index contributed by atoms with van der Waals surface area (Å²) in [5.74, 6) is 3.60. The lowest BCUT2D eigenvalue weighted by Gasteiger charge is -2.21. The first-order valence-electron chi connectivity index (χ1n) is 10.3. The summed E-state index contributed by atoms with van der Waals surface area (Å²) < 4.78 is 1.73. The number of nitrogens with one attached hydrogen (secondary N) is 2. The second-order valence-electron chi connectivity index (χ2n) is 8.35. The monoisotopic (exact) mass is 424 g/mol. The third kappa shape index (κ3) is 3.92. The highest BCUT2D eigenvalue weighted by Gasteiger charge is 2.41. The molecule has 1 saturated heterocycles. The molecule has 1 aliphatic carbocycles. The number of halogens is 1. The predicted molar refractivity (Wildman–Crippen MR) is 118 cm³/mol. The molecule has 9 heteroatoms. The molecule has 8 nitrogen and oxygen atoms in total. The molecular formula is C21H25ClN8. The highest BCUT2D eigenvalue weighted by atomic mass is 35.5. The molecule has 0 bridgehead atoms. The Morgan fingerprint density at radius 1 is 1.07 bits per heavy atom. The van der Waals surface area contributed by atoms with Gasteiger partial charge in [-0.25, -0.2) is 9.97 Å². The summed E-state index contributed by atoms with van der Waals surface area (Å²) in [6.45, 7) is 4.19. The van der Waals surface area contributed by atoms with Gasteiger partial charge in [0, 0.05) is 38.6 Å². The Morgan fingerprint density at radius 3 is 2.53 bits per heavy atom. The molecule has 5 rings (SSSR count). The maximum absolute atomic E-state index is 6.37. The first kappa shape index (κ1) is 19.1. The molecule has 0 amide bonds. The molecule has 0 aromatic carbocycles. The number of hydrogen-bond acceptors (Lipinski definition) is 7. The van der Waals surface area contributed by atoms with E-state index >= 15 is 0 Å². The third-order valence-electron chi connectivity index (χ3n) is 6.02. The summed E-state index contributed by atoms with van der Waals surface area (Å²) >= 11 is 6.37. The lowest BCUT2D eigenvalue weighted by atomic mass is 10.0. The van der Waals surface area contributed by atoms with Crippen LogP contribution in [0, 0.1) is 18.8 Å². The third-order valence-corrected chi connectivity index (χ3v) is 6.29. The highest BCUT2D eigenvalue weighted by molar-refractivity contribution is 6.32. The predicted octanol–water partition coefficient (Wildman–Crippen LogP) is 3.64. The van der Waals surface area contributed by atoms with E-state index < -0.39 is 0 Å². The molecule has 3 aromatic rings. The van der Waals surface area contributed by atoms with Crippen LogP contribution in [0.2, 0.25) is 5.02 Å². The average molecular weight is 425 g/mol. The van der Waals surface area contributed by atoms with Gasteiger partial charge in [-0.2, -0.15) is 10.1 Å². The Labute approximate surface area is 180 Å². The molecule has 4 heterocycles. The largest absolute Gasteiger partial charge is 0.366 e. The van der Waals surface area contributed by atoms with E-state index in [0.717, 1.165) is 37.4 Å². The second-order valence-corrected chi connectivity index (χ2v) is 8.76. The summed E-state index contributed by atoms with van der Waals surface area (Å²) in [6, 6.07) is 4.63. The van der Waals surface area contributed by atoms with Crippen molar-refractivity contribution in [2.45, 2.75) is 25.8 Å². The summed E-state index contributed by atoms with van der Waals surface area (Å²) in [7, 11) is 1.87. The van der Waals surface area contributed by atoms with Gasteiger partial charge in [0.05, 0.1) is 18.1 Å². The van der Waals surface area contributed by atoms with Crippen molar-refractivity contribution in [1.82, 2.24) is 24.7 Å². The Kier molecular flexibility index (Phi) is 4.94. The zero-order chi connectivity index (χ0) is 20.7. The van der Waals surface area contributed by atoms with Crippen molar-refractivity contribution in [3.63, 3.8) is 0 Å². The Bertz CT molecular complexity index is 1020. The number of nitrogens with zero attached hydrogens (tertiary/aromatic N) is 6. The normalized spacial score (nSPS) is 22.9. The van der Waals surface area contributed by atoms with Crippen LogP contribution < -0.4 is 15.5 Å². The maximum atomic E-state index is 6.37. The van der Waals surface area contributed by atoms with Gasteiger partial charge in [-0.1, -0.05) is 17.7 Å². The van der Waals surface area contributed by atoms with E-state index in [9.17, 15) is 0 Å². The van der Waals surface area contributed by atoms with Crippen LogP contribution in [0.1, 0.15) is 18.4 Å². The fourth-order valence-electron chi connectivity index (χ4n) is 4.59. The molecule has 30 heavy (non-hydrogen) atoms. The van der Waals surface area contributed by atoms with Crippen molar-refractivity contribution in [2.75, 3.05) is 28.6 Å². The van der Waals surface area contributed by atoms with Crippen LogP contribution in [0.3, 0.4) is 0 Å². The minimum atomic E-state index is 0.367. The van der Waals surface area contributed by atoms with Gasteiger partial charge in [0.1, 0.15) is 10.8 Å². The quantitative estimate of drug-likeness (QED) is 0.646. The van der Waals surface area contributed by atoms with Crippen molar-refractivity contribution in [3.8, 4) is 0 Å². The number of pyridine rings is 1. The molecule has 2 atom stereocenters. The number of aryl methyl sites for hydroxylation is 2. The van der Waals surface area contributed by atoms with E-state index in [-0.39, 0.29) is 0 Å². The van der Waals surface area contributed by atoms with Gasteiger partial charge in [-0.15, -0.1) is 0 Å². The van der Waals surface area contributed by atoms with Gasteiger partial charge < -0.3 is 15.5 Å². The fraction of sp³-hybridized carbons (Fsp3) is 0.429. The molecule has 1 saturated carbocycles. The first-order chi connectivity index (χ1) is 14.5. The van der Waals surface area contributed by atoms with Crippen molar-refractivity contribution in [1.29, 1.82) is 0 Å². The molecule has 2 unspecified atom stereocenters. The molecule has 1 aliphatic heterocycles. The average Bonchev–Trinajstić information content (AvgIpc) is 3.40. The highest BCUT2D eigenvalue weighted by Crippen LogP contribution is 2.40.